The second kappa shape index (κ2) is 7.16. The van der Waals surface area contributed by atoms with E-state index in [0.29, 0.717) is 30.3 Å². The molecule has 0 saturated carbocycles. The molecule has 2 heterocycles. The van der Waals surface area contributed by atoms with E-state index < -0.39 is 0 Å². The van der Waals surface area contributed by atoms with Gasteiger partial charge in [0.25, 0.3) is 0 Å². The van der Waals surface area contributed by atoms with E-state index in [1.807, 2.05) is 24.3 Å². The Morgan fingerprint density at radius 3 is 2.60 bits per heavy atom. The van der Waals surface area contributed by atoms with Gasteiger partial charge in [0.1, 0.15) is 6.04 Å². The number of benzene rings is 1. The van der Waals surface area contributed by atoms with Gasteiger partial charge in [0.05, 0.1) is 24.7 Å². The number of ether oxygens (including phenoxy) is 1. The molecule has 2 aromatic rings. The molecule has 3 rings (SSSR count). The molecule has 0 unspecified atom stereocenters. The van der Waals surface area contributed by atoms with Crippen molar-refractivity contribution in [3.05, 3.63) is 41.4 Å². The van der Waals surface area contributed by atoms with Crippen LogP contribution in [0.5, 0.6) is 5.88 Å². The van der Waals surface area contributed by atoms with Crippen LogP contribution in [0.4, 0.5) is 22.7 Å². The summed E-state index contributed by atoms with van der Waals surface area (Å²) >= 11 is 0. The maximum absolute atomic E-state index is 11.3. The van der Waals surface area contributed by atoms with Gasteiger partial charge in [-0.05, 0) is 24.3 Å². The standard InChI is InChI=1S/C17H19N5O3/c1-11(23)19-16-8-18-17(25-2)7-15(16)20-12-3-5-14(6-4-12)22-9-13(10-22)21-24/h3-8,13H,9-10H2,1-2H3,(H,18,20)(H,19,23). The van der Waals surface area contributed by atoms with E-state index in [4.69, 9.17) is 4.74 Å². The summed E-state index contributed by atoms with van der Waals surface area (Å²) in [5, 5.41) is 9.03. The van der Waals surface area contributed by atoms with Crippen molar-refractivity contribution in [1.82, 2.24) is 4.98 Å². The van der Waals surface area contributed by atoms with Crippen LogP contribution in [-0.4, -0.2) is 37.1 Å². The van der Waals surface area contributed by atoms with E-state index in [9.17, 15) is 9.70 Å². The number of pyridine rings is 1. The summed E-state index contributed by atoms with van der Waals surface area (Å²) < 4.78 is 5.14. The lowest BCUT2D eigenvalue weighted by molar-refractivity contribution is -0.114. The van der Waals surface area contributed by atoms with Gasteiger partial charge in [-0.2, -0.15) is 4.91 Å². The number of anilines is 4. The first kappa shape index (κ1) is 16.7. The molecule has 1 aliphatic heterocycles. The van der Waals surface area contributed by atoms with Gasteiger partial charge < -0.3 is 20.3 Å². The van der Waals surface area contributed by atoms with E-state index in [0.717, 1.165) is 11.4 Å². The Hall–Kier alpha value is -3.16. The fraction of sp³-hybridized carbons (Fsp3) is 0.294. The number of carbonyl (C=O) groups excluding carboxylic acids is 1. The van der Waals surface area contributed by atoms with Crippen molar-refractivity contribution in [2.75, 3.05) is 35.7 Å². The number of methoxy groups -OCH3 is 1. The van der Waals surface area contributed by atoms with Gasteiger partial charge in [-0.25, -0.2) is 4.98 Å². The molecule has 25 heavy (non-hydrogen) atoms. The minimum Gasteiger partial charge on any atom is -0.481 e. The van der Waals surface area contributed by atoms with Gasteiger partial charge >= 0.3 is 0 Å². The number of hydrogen-bond acceptors (Lipinski definition) is 7. The summed E-state index contributed by atoms with van der Waals surface area (Å²) in [5.41, 5.74) is 3.15. The summed E-state index contributed by atoms with van der Waals surface area (Å²) in [6.45, 7) is 2.76. The van der Waals surface area contributed by atoms with Crippen molar-refractivity contribution in [3.8, 4) is 5.88 Å². The zero-order valence-corrected chi connectivity index (χ0v) is 14.0. The van der Waals surface area contributed by atoms with Gasteiger partial charge in [0.15, 0.2) is 0 Å². The average Bonchev–Trinajstić information content (AvgIpc) is 2.56. The fourth-order valence-electron chi connectivity index (χ4n) is 2.58. The first-order valence-electron chi connectivity index (χ1n) is 7.85. The van der Waals surface area contributed by atoms with Gasteiger partial charge in [-0.15, -0.1) is 0 Å². The summed E-state index contributed by atoms with van der Waals surface area (Å²) in [6, 6.07) is 9.42. The molecule has 1 saturated heterocycles. The molecule has 0 radical (unpaired) electrons. The summed E-state index contributed by atoms with van der Waals surface area (Å²) in [6.07, 6.45) is 1.55. The number of nitrogens with zero attached hydrogens (tertiary/aromatic N) is 3. The van der Waals surface area contributed by atoms with Crippen molar-refractivity contribution in [2.45, 2.75) is 13.0 Å². The highest BCUT2D eigenvalue weighted by molar-refractivity contribution is 5.93. The van der Waals surface area contributed by atoms with Crippen LogP contribution in [-0.2, 0) is 4.79 Å². The third kappa shape index (κ3) is 3.85. The van der Waals surface area contributed by atoms with E-state index in [-0.39, 0.29) is 11.9 Å². The van der Waals surface area contributed by atoms with Gasteiger partial charge in [0, 0.05) is 37.5 Å². The number of aromatic nitrogens is 1. The second-order valence-corrected chi connectivity index (χ2v) is 5.79. The molecule has 1 amide bonds. The number of nitrogens with one attached hydrogen (secondary N) is 2. The molecule has 0 aliphatic carbocycles. The van der Waals surface area contributed by atoms with Crippen LogP contribution in [0.1, 0.15) is 6.92 Å². The Kier molecular flexibility index (Phi) is 4.78. The SMILES string of the molecule is COc1cc(Nc2ccc(N3CC(N=O)C3)cc2)c(NC(C)=O)cn1. The zero-order chi connectivity index (χ0) is 17.8. The highest BCUT2D eigenvalue weighted by Crippen LogP contribution is 2.30. The van der Waals surface area contributed by atoms with E-state index in [1.54, 1.807) is 12.3 Å². The molecule has 1 aliphatic rings. The third-order valence-corrected chi connectivity index (χ3v) is 3.92. The molecule has 130 valence electrons. The summed E-state index contributed by atoms with van der Waals surface area (Å²) in [5.74, 6) is 0.266. The first-order chi connectivity index (χ1) is 12.1. The van der Waals surface area contributed by atoms with E-state index in [2.05, 4.69) is 25.7 Å². The number of carbonyl (C=O) groups is 1. The molecule has 2 N–H and O–H groups in total. The molecule has 0 spiro atoms. The minimum absolute atomic E-state index is 0.109. The lowest BCUT2D eigenvalue weighted by Gasteiger charge is -2.36. The Morgan fingerprint density at radius 2 is 2.00 bits per heavy atom. The quantitative estimate of drug-likeness (QED) is 0.784. The van der Waals surface area contributed by atoms with Crippen molar-refractivity contribution in [1.29, 1.82) is 0 Å². The largest absolute Gasteiger partial charge is 0.481 e. The van der Waals surface area contributed by atoms with Crippen LogP contribution in [0.15, 0.2) is 41.7 Å². The molecule has 8 heteroatoms. The maximum atomic E-state index is 11.3. The number of nitroso groups, excluding NO2 is 1. The van der Waals surface area contributed by atoms with E-state index >= 15 is 0 Å². The molecule has 8 nitrogen and oxygen atoms in total. The molecule has 0 atom stereocenters. The fourth-order valence-corrected chi connectivity index (χ4v) is 2.58. The molecule has 0 bridgehead atoms. The summed E-state index contributed by atoms with van der Waals surface area (Å²) in [7, 11) is 1.54. The lowest BCUT2D eigenvalue weighted by atomic mass is 10.1. The van der Waals surface area contributed by atoms with Gasteiger partial charge in [-0.1, -0.05) is 5.18 Å². The molecule has 1 aromatic heterocycles. The minimum atomic E-state index is -0.179. The van der Waals surface area contributed by atoms with Crippen LogP contribution >= 0.6 is 0 Å². The second-order valence-electron chi connectivity index (χ2n) is 5.79. The highest BCUT2D eigenvalue weighted by Gasteiger charge is 2.27. The van der Waals surface area contributed by atoms with Crippen molar-refractivity contribution >= 4 is 28.7 Å². The molecule has 1 aromatic carbocycles. The monoisotopic (exact) mass is 341 g/mol. The maximum Gasteiger partial charge on any atom is 0.221 e. The van der Waals surface area contributed by atoms with Gasteiger partial charge in [-0.3, -0.25) is 4.79 Å². The smallest absolute Gasteiger partial charge is 0.221 e. The predicted molar refractivity (Wildman–Crippen MR) is 96.6 cm³/mol. The topological polar surface area (TPSA) is 95.9 Å². The van der Waals surface area contributed by atoms with Crippen LogP contribution < -0.4 is 20.3 Å². The van der Waals surface area contributed by atoms with Gasteiger partial charge in [0.2, 0.25) is 11.8 Å². The molecular weight excluding hydrogens is 322 g/mol. The highest BCUT2D eigenvalue weighted by atomic mass is 16.5. The average molecular weight is 341 g/mol. The Balaban J connectivity index is 1.75. The zero-order valence-electron chi connectivity index (χ0n) is 14.0. The third-order valence-electron chi connectivity index (χ3n) is 3.92. The Bertz CT molecular complexity index is 772. The van der Waals surface area contributed by atoms with Crippen molar-refractivity contribution in [2.24, 2.45) is 5.18 Å². The van der Waals surface area contributed by atoms with Crippen molar-refractivity contribution in [3.63, 3.8) is 0 Å². The Labute approximate surface area is 145 Å². The molecule has 1 fully saturated rings. The van der Waals surface area contributed by atoms with E-state index in [1.165, 1.54) is 14.0 Å². The normalized spacial score (nSPS) is 13.8. The lowest BCUT2D eigenvalue weighted by Crippen LogP contribution is -2.49. The summed E-state index contributed by atoms with van der Waals surface area (Å²) in [4.78, 5) is 28.0. The van der Waals surface area contributed by atoms with Crippen LogP contribution in [0.25, 0.3) is 0 Å². The number of hydrogen-bond donors (Lipinski definition) is 2. The van der Waals surface area contributed by atoms with Crippen LogP contribution in [0, 0.1) is 4.91 Å². The Morgan fingerprint density at radius 1 is 1.28 bits per heavy atom. The predicted octanol–water partition coefficient (Wildman–Crippen LogP) is 2.75. The van der Waals surface area contributed by atoms with Crippen LogP contribution in [0.3, 0.4) is 0 Å². The van der Waals surface area contributed by atoms with Crippen molar-refractivity contribution < 1.29 is 9.53 Å². The number of amides is 1. The molecular formula is C17H19N5O3. The first-order valence-corrected chi connectivity index (χ1v) is 7.85. The number of rotatable bonds is 6. The van der Waals surface area contributed by atoms with Crippen LogP contribution in [0.2, 0.25) is 0 Å².